The van der Waals surface area contributed by atoms with Crippen molar-refractivity contribution >= 4 is 14.0 Å². The van der Waals surface area contributed by atoms with Crippen LogP contribution in [0, 0.1) is 0 Å². The summed E-state index contributed by atoms with van der Waals surface area (Å²) in [7, 11) is -0.0463. The molecule has 114 valence electrons. The zero-order chi connectivity index (χ0) is 15.7. The van der Waals surface area contributed by atoms with Crippen LogP contribution in [0.15, 0.2) is 53.8 Å². The molecule has 0 aliphatic heterocycles. The lowest BCUT2D eigenvalue weighted by Crippen LogP contribution is -2.05. The molecule has 0 spiro atoms. The van der Waals surface area contributed by atoms with Crippen molar-refractivity contribution in [1.82, 2.24) is 0 Å². The molecule has 0 radical (unpaired) electrons. The molecule has 0 unspecified atom stereocenters. The molecule has 0 saturated heterocycles. The van der Waals surface area contributed by atoms with Crippen LogP contribution < -0.4 is 0 Å². The van der Waals surface area contributed by atoms with Crippen molar-refractivity contribution in [2.24, 2.45) is 0 Å². The average molecular weight is 308 g/mol. The van der Waals surface area contributed by atoms with Crippen LogP contribution in [-0.4, -0.2) is 11.3 Å². The van der Waals surface area contributed by atoms with E-state index in [1.165, 1.54) is 22.3 Å². The van der Waals surface area contributed by atoms with Crippen molar-refractivity contribution in [2.75, 3.05) is 0 Å². The summed E-state index contributed by atoms with van der Waals surface area (Å²) in [4.78, 5) is 0. The fourth-order valence-corrected chi connectivity index (χ4v) is 6.80. The number of hydrogen-bond donors (Lipinski definition) is 0. The standard InChI is InChI=1S/C21H25P/c1-15(2)22(16(3)4)19-13-18-11-8-12-20(21(18)14-19)17-9-6-5-7-10-17/h5-12,14-16H,13H2,1-4H3. The SMILES string of the molecule is CC(C)P(C1=Cc2c(cccc2-c2ccccc2)C1)C(C)C. The molecule has 22 heavy (non-hydrogen) atoms. The number of benzene rings is 2. The highest BCUT2D eigenvalue weighted by molar-refractivity contribution is 7.63. The predicted octanol–water partition coefficient (Wildman–Crippen LogP) is 6.55. The third-order valence-electron chi connectivity index (χ3n) is 4.41. The molecule has 0 aromatic heterocycles. The second-order valence-electron chi connectivity index (χ2n) is 6.65. The molecule has 2 aromatic carbocycles. The summed E-state index contributed by atoms with van der Waals surface area (Å²) in [6, 6.07) is 17.6. The quantitative estimate of drug-likeness (QED) is 0.562. The summed E-state index contributed by atoms with van der Waals surface area (Å²) < 4.78 is 0. The molecule has 1 aliphatic carbocycles. The molecular weight excluding hydrogens is 283 g/mol. The fraction of sp³-hybridized carbons (Fsp3) is 0.333. The van der Waals surface area contributed by atoms with E-state index in [4.69, 9.17) is 0 Å². The highest BCUT2D eigenvalue weighted by Crippen LogP contribution is 2.57. The van der Waals surface area contributed by atoms with Crippen LogP contribution in [0.5, 0.6) is 0 Å². The van der Waals surface area contributed by atoms with Gasteiger partial charge in [0.2, 0.25) is 0 Å². The van der Waals surface area contributed by atoms with Gasteiger partial charge in [0, 0.05) is 0 Å². The third kappa shape index (κ3) is 2.90. The first-order chi connectivity index (χ1) is 10.6. The molecule has 0 bridgehead atoms. The van der Waals surface area contributed by atoms with Crippen LogP contribution in [0.1, 0.15) is 38.8 Å². The maximum absolute atomic E-state index is 2.50. The van der Waals surface area contributed by atoms with Crippen LogP contribution >= 0.6 is 7.92 Å². The van der Waals surface area contributed by atoms with Gasteiger partial charge in [0.25, 0.3) is 0 Å². The first-order valence-electron chi connectivity index (χ1n) is 8.24. The van der Waals surface area contributed by atoms with E-state index >= 15 is 0 Å². The van der Waals surface area contributed by atoms with Gasteiger partial charge in [-0.15, -0.1) is 0 Å². The Labute approximate surface area is 136 Å². The van der Waals surface area contributed by atoms with Crippen molar-refractivity contribution in [3.63, 3.8) is 0 Å². The Morgan fingerprint density at radius 2 is 1.50 bits per heavy atom. The molecular formula is C21H25P. The first-order valence-corrected chi connectivity index (χ1v) is 9.72. The topological polar surface area (TPSA) is 0 Å². The van der Waals surface area contributed by atoms with E-state index in [9.17, 15) is 0 Å². The summed E-state index contributed by atoms with van der Waals surface area (Å²) in [5.74, 6) is 0. The first kappa shape index (κ1) is 15.5. The van der Waals surface area contributed by atoms with Gasteiger partial charge in [0.05, 0.1) is 0 Å². The van der Waals surface area contributed by atoms with E-state index in [1.54, 1.807) is 5.31 Å². The lowest BCUT2D eigenvalue weighted by Gasteiger charge is -2.27. The van der Waals surface area contributed by atoms with E-state index in [0.29, 0.717) is 0 Å². The maximum Gasteiger partial charge on any atom is -0.00147 e. The summed E-state index contributed by atoms with van der Waals surface area (Å²) in [6.45, 7) is 9.53. The van der Waals surface area contributed by atoms with Crippen molar-refractivity contribution in [3.8, 4) is 11.1 Å². The Morgan fingerprint density at radius 3 is 2.14 bits per heavy atom. The van der Waals surface area contributed by atoms with Crippen molar-refractivity contribution < 1.29 is 0 Å². The van der Waals surface area contributed by atoms with Crippen molar-refractivity contribution in [2.45, 2.75) is 45.4 Å². The zero-order valence-corrected chi connectivity index (χ0v) is 14.9. The molecule has 0 fully saturated rings. The normalized spacial score (nSPS) is 13.9. The van der Waals surface area contributed by atoms with Crippen LogP contribution in [0.4, 0.5) is 0 Å². The molecule has 0 atom stereocenters. The third-order valence-corrected chi connectivity index (χ3v) is 7.58. The summed E-state index contributed by atoms with van der Waals surface area (Å²) in [5.41, 5.74) is 7.19. The largest absolute Gasteiger partial charge is 0.0741 e. The Morgan fingerprint density at radius 1 is 0.818 bits per heavy atom. The summed E-state index contributed by atoms with van der Waals surface area (Å²) in [6.07, 6.45) is 3.65. The lowest BCUT2D eigenvalue weighted by atomic mass is 9.97. The van der Waals surface area contributed by atoms with Gasteiger partial charge in [0.1, 0.15) is 0 Å². The van der Waals surface area contributed by atoms with E-state index in [-0.39, 0.29) is 7.92 Å². The number of fused-ring (bicyclic) bond motifs is 1. The van der Waals surface area contributed by atoms with E-state index in [1.807, 2.05) is 0 Å². The van der Waals surface area contributed by atoms with Gasteiger partial charge in [-0.2, -0.15) is 0 Å². The Bertz CT molecular complexity index is 672. The van der Waals surface area contributed by atoms with Crippen LogP contribution in [0.3, 0.4) is 0 Å². The van der Waals surface area contributed by atoms with E-state index in [0.717, 1.165) is 17.7 Å². The van der Waals surface area contributed by atoms with E-state index in [2.05, 4.69) is 82.3 Å². The summed E-state index contributed by atoms with van der Waals surface area (Å²) in [5, 5.41) is 1.68. The van der Waals surface area contributed by atoms with Crippen LogP contribution in [0.2, 0.25) is 0 Å². The number of allylic oxidation sites excluding steroid dienone is 1. The smallest absolute Gasteiger partial charge is 0.00147 e. The molecule has 1 aliphatic rings. The summed E-state index contributed by atoms with van der Waals surface area (Å²) >= 11 is 0. The Kier molecular flexibility index (Phi) is 4.50. The minimum Gasteiger partial charge on any atom is -0.0741 e. The molecule has 3 rings (SSSR count). The lowest BCUT2D eigenvalue weighted by molar-refractivity contribution is 1.01. The predicted molar refractivity (Wildman–Crippen MR) is 101 cm³/mol. The molecule has 0 amide bonds. The zero-order valence-electron chi connectivity index (χ0n) is 14.0. The van der Waals surface area contributed by atoms with Gasteiger partial charge in [0.15, 0.2) is 0 Å². The van der Waals surface area contributed by atoms with Gasteiger partial charge in [-0.25, -0.2) is 0 Å². The second-order valence-corrected chi connectivity index (χ2v) is 10.1. The van der Waals surface area contributed by atoms with Crippen molar-refractivity contribution in [3.05, 3.63) is 65.0 Å². The molecule has 0 heterocycles. The van der Waals surface area contributed by atoms with Crippen molar-refractivity contribution in [1.29, 1.82) is 0 Å². The minimum atomic E-state index is -0.0463. The second kappa shape index (κ2) is 6.39. The number of rotatable bonds is 4. The molecule has 0 N–H and O–H groups in total. The van der Waals surface area contributed by atoms with Gasteiger partial charge in [-0.05, 0) is 45.3 Å². The maximum atomic E-state index is 2.50. The number of hydrogen-bond acceptors (Lipinski definition) is 0. The highest BCUT2D eigenvalue weighted by atomic mass is 31.1. The van der Waals surface area contributed by atoms with Gasteiger partial charge in [-0.3, -0.25) is 0 Å². The minimum absolute atomic E-state index is 0.0463. The molecule has 0 saturated carbocycles. The average Bonchev–Trinajstić information content (AvgIpc) is 2.90. The molecule has 1 heteroatoms. The Hall–Kier alpha value is -1.39. The van der Waals surface area contributed by atoms with Gasteiger partial charge in [-0.1, -0.05) is 90.2 Å². The van der Waals surface area contributed by atoms with Crippen LogP contribution in [0.25, 0.3) is 17.2 Å². The monoisotopic (exact) mass is 308 g/mol. The van der Waals surface area contributed by atoms with Gasteiger partial charge < -0.3 is 0 Å². The molecule has 2 aromatic rings. The van der Waals surface area contributed by atoms with Gasteiger partial charge >= 0.3 is 0 Å². The highest BCUT2D eigenvalue weighted by Gasteiger charge is 2.26. The molecule has 0 nitrogen and oxygen atoms in total. The fourth-order valence-electron chi connectivity index (χ4n) is 3.65. The van der Waals surface area contributed by atoms with E-state index < -0.39 is 0 Å². The van der Waals surface area contributed by atoms with Crippen LogP contribution in [-0.2, 0) is 6.42 Å². The Balaban J connectivity index is 2.04.